The summed E-state index contributed by atoms with van der Waals surface area (Å²) >= 11 is 0. The highest BCUT2D eigenvalue weighted by atomic mass is 16.2. The second-order valence-corrected chi connectivity index (χ2v) is 3.93. The molecule has 18 heavy (non-hydrogen) atoms. The van der Waals surface area contributed by atoms with Crippen LogP contribution in [-0.2, 0) is 20.1 Å². The van der Waals surface area contributed by atoms with Crippen molar-refractivity contribution in [3.05, 3.63) is 38.9 Å². The van der Waals surface area contributed by atoms with E-state index in [0.717, 1.165) is 4.57 Å². The summed E-state index contributed by atoms with van der Waals surface area (Å²) in [7, 11) is 1.71. The van der Waals surface area contributed by atoms with Crippen LogP contribution >= 0.6 is 0 Å². The van der Waals surface area contributed by atoms with Gasteiger partial charge in [0.15, 0.2) is 0 Å². The molecule has 2 aromatic heterocycles. The minimum atomic E-state index is -0.504. The van der Waals surface area contributed by atoms with Gasteiger partial charge in [-0.25, -0.2) is 4.79 Å². The summed E-state index contributed by atoms with van der Waals surface area (Å²) in [6.07, 6.45) is 3.00. The van der Waals surface area contributed by atoms with Crippen molar-refractivity contribution in [2.45, 2.75) is 20.0 Å². The van der Waals surface area contributed by atoms with E-state index in [4.69, 9.17) is 5.73 Å². The van der Waals surface area contributed by atoms with Crippen LogP contribution in [0, 0.1) is 0 Å². The molecule has 0 saturated heterocycles. The lowest BCUT2D eigenvalue weighted by molar-refractivity contribution is 0.597. The highest BCUT2D eigenvalue weighted by Gasteiger charge is 2.10. The Hall–Kier alpha value is -2.38. The van der Waals surface area contributed by atoms with Crippen LogP contribution in [0.25, 0.3) is 0 Å². The van der Waals surface area contributed by atoms with Gasteiger partial charge >= 0.3 is 5.69 Å². The lowest BCUT2D eigenvalue weighted by atomic mass is 10.4. The molecule has 8 nitrogen and oxygen atoms in total. The van der Waals surface area contributed by atoms with E-state index in [9.17, 15) is 9.59 Å². The molecule has 2 heterocycles. The van der Waals surface area contributed by atoms with Gasteiger partial charge in [-0.05, 0) is 6.92 Å². The molecule has 0 aromatic carbocycles. The molecule has 0 spiro atoms. The van der Waals surface area contributed by atoms with Crippen molar-refractivity contribution >= 4 is 5.69 Å². The maximum absolute atomic E-state index is 12.0. The van der Waals surface area contributed by atoms with E-state index in [1.165, 1.54) is 15.4 Å². The van der Waals surface area contributed by atoms with Crippen LogP contribution in [0.1, 0.15) is 12.6 Å². The van der Waals surface area contributed by atoms with Crippen LogP contribution in [0.3, 0.4) is 0 Å². The van der Waals surface area contributed by atoms with Gasteiger partial charge in [-0.1, -0.05) is 5.21 Å². The van der Waals surface area contributed by atoms with E-state index in [1.54, 1.807) is 20.2 Å². The number of nitrogens with zero attached hydrogens (tertiary/aromatic N) is 5. The number of anilines is 1. The van der Waals surface area contributed by atoms with Crippen molar-refractivity contribution in [2.75, 3.05) is 5.73 Å². The zero-order valence-corrected chi connectivity index (χ0v) is 10.2. The first kappa shape index (κ1) is 12.1. The highest BCUT2D eigenvalue weighted by Crippen LogP contribution is 1.95. The van der Waals surface area contributed by atoms with Gasteiger partial charge in [0.25, 0.3) is 5.56 Å². The van der Waals surface area contributed by atoms with E-state index < -0.39 is 11.2 Å². The molecule has 2 aromatic rings. The summed E-state index contributed by atoms with van der Waals surface area (Å²) in [5.41, 5.74) is 5.26. The second-order valence-electron chi connectivity index (χ2n) is 3.93. The molecule has 0 unspecified atom stereocenters. The summed E-state index contributed by atoms with van der Waals surface area (Å²) in [5.74, 6) is 0. The third-order valence-corrected chi connectivity index (χ3v) is 2.57. The first-order chi connectivity index (χ1) is 8.52. The number of nitrogens with two attached hydrogens (primary N) is 1. The van der Waals surface area contributed by atoms with E-state index in [1.807, 2.05) is 0 Å². The first-order valence-corrected chi connectivity index (χ1v) is 5.48. The molecule has 0 fully saturated rings. The smallest absolute Gasteiger partial charge is 0.331 e. The number of nitrogen functional groups attached to an aromatic ring is 1. The van der Waals surface area contributed by atoms with Crippen molar-refractivity contribution in [3.63, 3.8) is 0 Å². The molecule has 0 radical (unpaired) electrons. The van der Waals surface area contributed by atoms with E-state index in [2.05, 4.69) is 10.3 Å². The Morgan fingerprint density at radius 3 is 2.61 bits per heavy atom. The third kappa shape index (κ3) is 2.04. The molecule has 2 rings (SSSR count). The summed E-state index contributed by atoms with van der Waals surface area (Å²) in [5, 5.41) is 7.59. The Bertz CT molecular complexity index is 680. The molecule has 0 amide bonds. The Kier molecular flexibility index (Phi) is 3.00. The van der Waals surface area contributed by atoms with Crippen LogP contribution in [0.5, 0.6) is 0 Å². The van der Waals surface area contributed by atoms with Crippen LogP contribution < -0.4 is 17.0 Å². The van der Waals surface area contributed by atoms with Crippen LogP contribution in [0.4, 0.5) is 5.69 Å². The number of hydrogen-bond donors (Lipinski definition) is 1. The molecule has 0 aliphatic carbocycles. The normalized spacial score (nSPS) is 10.8. The maximum atomic E-state index is 12.0. The summed E-state index contributed by atoms with van der Waals surface area (Å²) in [6, 6.07) is 0. The zero-order valence-electron chi connectivity index (χ0n) is 10.2. The molecular formula is C10H14N6O2. The lowest BCUT2D eigenvalue weighted by Gasteiger charge is -2.08. The van der Waals surface area contributed by atoms with Crippen molar-refractivity contribution in [2.24, 2.45) is 7.05 Å². The summed E-state index contributed by atoms with van der Waals surface area (Å²) in [6.45, 7) is 2.32. The minimum Gasteiger partial charge on any atom is -0.393 e. The monoisotopic (exact) mass is 250 g/mol. The topological polar surface area (TPSA) is 101 Å². The van der Waals surface area contributed by atoms with Gasteiger partial charge in [0.2, 0.25) is 0 Å². The van der Waals surface area contributed by atoms with Crippen molar-refractivity contribution in [1.29, 1.82) is 0 Å². The molecule has 0 atom stereocenters. The predicted octanol–water partition coefficient (Wildman–Crippen LogP) is -1.21. The van der Waals surface area contributed by atoms with Crippen molar-refractivity contribution < 1.29 is 0 Å². The Labute approximate surface area is 102 Å². The molecule has 8 heteroatoms. The summed E-state index contributed by atoms with van der Waals surface area (Å²) in [4.78, 5) is 23.8. The van der Waals surface area contributed by atoms with E-state index >= 15 is 0 Å². The van der Waals surface area contributed by atoms with Gasteiger partial charge in [0.1, 0.15) is 11.4 Å². The minimum absolute atomic E-state index is 0.0420. The zero-order chi connectivity index (χ0) is 13.3. The fraction of sp³-hybridized carbons (Fsp3) is 0.400. The number of rotatable bonds is 3. The SMILES string of the molecule is CCn1cc(N)c(=O)n(Cc2cn(C)nn2)c1=O. The average Bonchev–Trinajstić information content (AvgIpc) is 2.75. The van der Waals surface area contributed by atoms with Gasteiger partial charge in [-0.2, -0.15) is 0 Å². The molecule has 0 aliphatic heterocycles. The number of aryl methyl sites for hydroxylation is 2. The standard InChI is InChI=1S/C10H14N6O2/c1-3-15-6-8(11)9(17)16(10(15)18)5-7-4-14(2)13-12-7/h4,6H,3,5,11H2,1-2H3. The lowest BCUT2D eigenvalue weighted by Crippen LogP contribution is -2.40. The van der Waals surface area contributed by atoms with Crippen LogP contribution in [-0.4, -0.2) is 24.1 Å². The fourth-order valence-electron chi connectivity index (χ4n) is 1.67. The van der Waals surface area contributed by atoms with Gasteiger partial charge < -0.3 is 5.73 Å². The molecule has 0 saturated carbocycles. The van der Waals surface area contributed by atoms with Crippen LogP contribution in [0.15, 0.2) is 22.0 Å². The molecule has 0 bridgehead atoms. The number of hydrogen-bond acceptors (Lipinski definition) is 5. The van der Waals surface area contributed by atoms with E-state index in [-0.39, 0.29) is 12.2 Å². The van der Waals surface area contributed by atoms with Gasteiger partial charge in [-0.15, -0.1) is 5.10 Å². The largest absolute Gasteiger partial charge is 0.393 e. The number of aromatic nitrogens is 5. The van der Waals surface area contributed by atoms with E-state index in [0.29, 0.717) is 12.2 Å². The Morgan fingerprint density at radius 2 is 2.06 bits per heavy atom. The predicted molar refractivity (Wildman–Crippen MR) is 65.2 cm³/mol. The Morgan fingerprint density at radius 1 is 1.33 bits per heavy atom. The third-order valence-electron chi connectivity index (χ3n) is 2.57. The molecule has 0 aliphatic rings. The average molecular weight is 250 g/mol. The van der Waals surface area contributed by atoms with Gasteiger partial charge in [0.05, 0.1) is 6.54 Å². The van der Waals surface area contributed by atoms with Gasteiger partial charge in [-0.3, -0.25) is 18.6 Å². The molecular weight excluding hydrogens is 236 g/mol. The Balaban J connectivity index is 2.53. The molecule has 96 valence electrons. The molecule has 2 N–H and O–H groups in total. The fourth-order valence-corrected chi connectivity index (χ4v) is 1.67. The van der Waals surface area contributed by atoms with Crippen molar-refractivity contribution in [1.82, 2.24) is 24.1 Å². The first-order valence-electron chi connectivity index (χ1n) is 5.48. The van der Waals surface area contributed by atoms with Crippen molar-refractivity contribution in [3.8, 4) is 0 Å². The second kappa shape index (κ2) is 4.47. The maximum Gasteiger partial charge on any atom is 0.331 e. The highest BCUT2D eigenvalue weighted by molar-refractivity contribution is 5.31. The summed E-state index contributed by atoms with van der Waals surface area (Å²) < 4.78 is 3.95. The quantitative estimate of drug-likeness (QED) is 0.736. The van der Waals surface area contributed by atoms with Gasteiger partial charge in [0, 0.05) is 26.0 Å². The van der Waals surface area contributed by atoms with Crippen LogP contribution in [0.2, 0.25) is 0 Å².